The minimum Gasteiger partial charge on any atom is -0.507 e. The number of rotatable bonds is 5. The van der Waals surface area contributed by atoms with Crippen LogP contribution in [-0.2, 0) is 6.54 Å². The Bertz CT molecular complexity index is 1070. The number of halogens is 1. The first-order valence-electron chi connectivity index (χ1n) is 9.23. The Balaban J connectivity index is 0.00000171. The van der Waals surface area contributed by atoms with Gasteiger partial charge in [0.15, 0.2) is 17.3 Å². The average molecular weight is 507 g/mol. The zero-order valence-electron chi connectivity index (χ0n) is 17.7. The topological polar surface area (TPSA) is 59.0 Å². The minimum absolute atomic E-state index is 0. The molecule has 0 spiro atoms. The van der Waals surface area contributed by atoms with Gasteiger partial charge in [-0.25, -0.2) is 0 Å². The van der Waals surface area contributed by atoms with Crippen LogP contribution in [0.5, 0.6) is 11.5 Å². The maximum absolute atomic E-state index is 12.8. The Labute approximate surface area is 234 Å². The molecule has 0 atom stereocenters. The number of aliphatic hydroxyl groups is 1. The third kappa shape index (κ3) is 5.42. The van der Waals surface area contributed by atoms with E-state index in [1.165, 1.54) is 12.7 Å². The maximum atomic E-state index is 12.8. The Kier molecular flexibility index (Phi) is 9.36. The second-order valence-corrected chi connectivity index (χ2v) is 6.77. The molecule has 0 radical (unpaired) electrons. The van der Waals surface area contributed by atoms with Crippen LogP contribution in [0.15, 0.2) is 83.9 Å². The van der Waals surface area contributed by atoms with Crippen LogP contribution in [0.4, 0.5) is 0 Å². The van der Waals surface area contributed by atoms with E-state index in [1.54, 1.807) is 37.5 Å². The molecule has 0 aromatic heterocycles. The van der Waals surface area contributed by atoms with E-state index in [1.807, 2.05) is 35.5 Å². The van der Waals surface area contributed by atoms with E-state index in [2.05, 4.69) is 12.1 Å². The number of allylic oxidation sites excluding steroid dienone is 4. The van der Waals surface area contributed by atoms with Crippen LogP contribution in [0, 0.1) is 0 Å². The minimum atomic E-state index is -0.237. The Morgan fingerprint density at radius 1 is 1.00 bits per heavy atom. The van der Waals surface area contributed by atoms with E-state index in [4.69, 9.17) is 9.47 Å². The van der Waals surface area contributed by atoms with Gasteiger partial charge in [0.25, 0.3) is 0 Å². The van der Waals surface area contributed by atoms with Gasteiger partial charge in [0, 0.05) is 30.1 Å². The molecule has 1 aliphatic carbocycles. The normalized spacial score (nSPS) is 13.7. The largest absolute Gasteiger partial charge is 1.00 e. The van der Waals surface area contributed by atoms with E-state index in [9.17, 15) is 9.90 Å². The zero-order chi connectivity index (χ0) is 20.4. The van der Waals surface area contributed by atoms with Crippen LogP contribution < -0.4 is 60.9 Å². The van der Waals surface area contributed by atoms with Crippen molar-refractivity contribution in [1.82, 2.24) is 4.90 Å². The van der Waals surface area contributed by atoms with Crippen LogP contribution >= 0.6 is 17.0 Å². The molecule has 2 aliphatic rings. The molecule has 1 heterocycles. The van der Waals surface area contributed by atoms with Gasteiger partial charge < -0.3 is 19.5 Å². The molecular formula is C24H22BrKNO4+. The number of aliphatic hydroxyl groups excluding tert-OH is 1. The first-order valence-corrected chi connectivity index (χ1v) is 9.23. The summed E-state index contributed by atoms with van der Waals surface area (Å²) < 4.78 is 10.6. The van der Waals surface area contributed by atoms with Gasteiger partial charge in [0.05, 0.1) is 19.8 Å². The summed E-state index contributed by atoms with van der Waals surface area (Å²) in [6.45, 7) is 0.731. The number of methoxy groups -OCH3 is 2. The zero-order valence-corrected chi connectivity index (χ0v) is 22.5. The van der Waals surface area contributed by atoms with Gasteiger partial charge in [-0.15, -0.1) is 17.0 Å². The van der Waals surface area contributed by atoms with Crippen LogP contribution in [0.1, 0.15) is 21.5 Å². The van der Waals surface area contributed by atoms with Crippen molar-refractivity contribution in [2.45, 2.75) is 6.54 Å². The van der Waals surface area contributed by atoms with E-state index in [0.717, 1.165) is 6.54 Å². The molecule has 31 heavy (non-hydrogen) atoms. The number of hydrogen-bond acceptors (Lipinski definition) is 5. The summed E-state index contributed by atoms with van der Waals surface area (Å²) in [5.41, 5.74) is 3.21. The monoisotopic (exact) mass is 506 g/mol. The number of hydrogen-bond donors (Lipinski definition) is 1. The summed E-state index contributed by atoms with van der Waals surface area (Å²) in [5.74, 6) is 0.739. The fourth-order valence-electron chi connectivity index (χ4n) is 3.42. The number of carbonyl (C=O) groups excluding carboxylic acids is 1. The molecule has 0 unspecified atom stereocenters. The molecule has 1 N–H and O–H groups in total. The SMILES string of the molecule is Br.COc1cc2c(cc1OC)C(=O)C(C(O)=C1C=CN(Cc3ccccc3)C=C1)=C2.[K+]. The van der Waals surface area contributed by atoms with Crippen molar-refractivity contribution in [3.63, 3.8) is 0 Å². The fourth-order valence-corrected chi connectivity index (χ4v) is 3.42. The summed E-state index contributed by atoms with van der Waals surface area (Å²) in [5, 5.41) is 10.8. The Morgan fingerprint density at radius 3 is 2.23 bits per heavy atom. The molecule has 0 saturated carbocycles. The quantitative estimate of drug-likeness (QED) is 0.497. The smallest absolute Gasteiger partial charge is 0.507 e. The summed E-state index contributed by atoms with van der Waals surface area (Å²) in [7, 11) is 3.07. The third-order valence-electron chi connectivity index (χ3n) is 4.97. The van der Waals surface area contributed by atoms with Gasteiger partial charge in [0.1, 0.15) is 5.76 Å². The number of Topliss-reactive ketones (excluding diaryl/α,β-unsaturated/α-hetero) is 1. The van der Waals surface area contributed by atoms with E-state index >= 15 is 0 Å². The average Bonchev–Trinajstić information content (AvgIpc) is 3.09. The number of fused-ring (bicyclic) bond motifs is 1. The summed E-state index contributed by atoms with van der Waals surface area (Å²) in [4.78, 5) is 14.9. The predicted molar refractivity (Wildman–Crippen MR) is 122 cm³/mol. The number of nitrogens with zero attached hydrogens (tertiary/aromatic N) is 1. The van der Waals surface area contributed by atoms with Crippen molar-refractivity contribution >= 4 is 28.8 Å². The van der Waals surface area contributed by atoms with Crippen LogP contribution in [0.2, 0.25) is 0 Å². The first kappa shape index (κ1) is 25.6. The Morgan fingerprint density at radius 2 is 1.61 bits per heavy atom. The first-order chi connectivity index (χ1) is 14.1. The van der Waals surface area contributed by atoms with Crippen molar-refractivity contribution in [2.24, 2.45) is 0 Å². The molecule has 0 bridgehead atoms. The van der Waals surface area contributed by atoms with Gasteiger partial charge in [-0.3, -0.25) is 4.79 Å². The number of ketones is 1. The fraction of sp³-hybridized carbons (Fsp3) is 0.125. The van der Waals surface area contributed by atoms with Gasteiger partial charge in [-0.2, -0.15) is 0 Å². The molecule has 0 fully saturated rings. The van der Waals surface area contributed by atoms with Crippen molar-refractivity contribution in [2.75, 3.05) is 14.2 Å². The summed E-state index contributed by atoms with van der Waals surface area (Å²) in [6.07, 6.45) is 9.06. The maximum Gasteiger partial charge on any atom is 1.00 e. The van der Waals surface area contributed by atoms with Gasteiger partial charge in [-0.05, 0) is 41.5 Å². The molecule has 2 aromatic rings. The molecule has 154 valence electrons. The van der Waals surface area contributed by atoms with Crippen molar-refractivity contribution in [1.29, 1.82) is 0 Å². The second-order valence-electron chi connectivity index (χ2n) is 6.77. The summed E-state index contributed by atoms with van der Waals surface area (Å²) >= 11 is 0. The molecule has 0 saturated heterocycles. The molecular weight excluding hydrogens is 485 g/mol. The molecule has 0 amide bonds. The van der Waals surface area contributed by atoms with Crippen molar-refractivity contribution < 1.29 is 70.8 Å². The van der Waals surface area contributed by atoms with E-state index in [0.29, 0.717) is 28.2 Å². The van der Waals surface area contributed by atoms with Crippen LogP contribution in [0.3, 0.4) is 0 Å². The third-order valence-corrected chi connectivity index (χ3v) is 4.97. The van der Waals surface area contributed by atoms with E-state index < -0.39 is 0 Å². The molecule has 7 heteroatoms. The number of carbonyl (C=O) groups is 1. The molecule has 2 aromatic carbocycles. The number of benzene rings is 2. The van der Waals surface area contributed by atoms with Gasteiger partial charge in [-0.1, -0.05) is 30.3 Å². The second kappa shape index (κ2) is 11.3. The van der Waals surface area contributed by atoms with E-state index in [-0.39, 0.29) is 85.5 Å². The molecule has 5 nitrogen and oxygen atoms in total. The van der Waals surface area contributed by atoms with Crippen LogP contribution in [0.25, 0.3) is 6.08 Å². The van der Waals surface area contributed by atoms with Crippen molar-refractivity contribution in [3.05, 3.63) is 101 Å². The molecule has 1 aliphatic heterocycles. The van der Waals surface area contributed by atoms with Gasteiger partial charge >= 0.3 is 51.4 Å². The predicted octanol–water partition coefficient (Wildman–Crippen LogP) is 2.22. The molecule has 4 rings (SSSR count). The van der Waals surface area contributed by atoms with Crippen LogP contribution in [-0.4, -0.2) is 30.0 Å². The Hall–Kier alpha value is -1.61. The standard InChI is InChI=1S/C24H21NO4.BrH.K/c1-28-21-13-18-12-20(24(27)19(18)14-22(21)29-2)23(26)17-8-10-25(11-9-17)15-16-6-4-3-5-7-16;;/h3-14,26H,15H2,1-2H3;1H;/q;;+1. The number of ether oxygens (including phenoxy) is 2. The summed E-state index contributed by atoms with van der Waals surface area (Å²) in [6, 6.07) is 13.5. The van der Waals surface area contributed by atoms with Crippen molar-refractivity contribution in [3.8, 4) is 11.5 Å². The van der Waals surface area contributed by atoms with Gasteiger partial charge in [0.2, 0.25) is 0 Å².